The highest BCUT2D eigenvalue weighted by Gasteiger charge is 2.19. The second kappa shape index (κ2) is 5.22. The van der Waals surface area contributed by atoms with Crippen molar-refractivity contribution in [1.82, 2.24) is 0 Å². The van der Waals surface area contributed by atoms with Crippen molar-refractivity contribution in [3.05, 3.63) is 60.7 Å². The lowest BCUT2D eigenvalue weighted by Gasteiger charge is -2.19. The molecule has 0 aliphatic rings. The first-order valence-corrected chi connectivity index (χ1v) is 6.45. The van der Waals surface area contributed by atoms with Crippen LogP contribution in [0.1, 0.15) is 0 Å². The summed E-state index contributed by atoms with van der Waals surface area (Å²) < 4.78 is 0. The van der Waals surface area contributed by atoms with Gasteiger partial charge in [0.2, 0.25) is 0 Å². The van der Waals surface area contributed by atoms with Crippen molar-refractivity contribution in [3.63, 3.8) is 0 Å². The minimum atomic E-state index is -1.32. The van der Waals surface area contributed by atoms with Crippen molar-refractivity contribution in [2.45, 2.75) is 6.03 Å². The number of aliphatic hydroxyl groups excluding tert-OH is 1. The number of aliphatic hydroxyl groups is 2. The molecule has 82 valence electrons. The van der Waals surface area contributed by atoms with E-state index in [9.17, 15) is 10.2 Å². The largest absolute Gasteiger partial charge is 0.364 e. The van der Waals surface area contributed by atoms with Crippen LogP contribution in [0.3, 0.4) is 0 Å². The summed E-state index contributed by atoms with van der Waals surface area (Å²) in [5.41, 5.74) is 0. The number of hydrogen-bond acceptors (Lipinski definition) is 2. The number of hydrogen-bond donors (Lipinski definition) is 2. The summed E-state index contributed by atoms with van der Waals surface area (Å²) in [4.78, 5) is 0. The lowest BCUT2D eigenvalue weighted by molar-refractivity contribution is 0.0365. The summed E-state index contributed by atoms with van der Waals surface area (Å²) in [6.45, 7) is 0. The molecule has 0 radical (unpaired) electrons. The van der Waals surface area contributed by atoms with Crippen LogP contribution in [0, 0.1) is 0 Å². The summed E-state index contributed by atoms with van der Waals surface area (Å²) in [6, 6.07) is 17.9. The van der Waals surface area contributed by atoms with Crippen LogP contribution >= 0.6 is 7.92 Å². The molecule has 0 unspecified atom stereocenters. The molecule has 16 heavy (non-hydrogen) atoms. The van der Waals surface area contributed by atoms with E-state index in [1.807, 2.05) is 60.7 Å². The molecule has 3 heteroatoms. The van der Waals surface area contributed by atoms with Crippen molar-refractivity contribution in [2.75, 3.05) is 0 Å². The van der Waals surface area contributed by atoms with Crippen molar-refractivity contribution in [2.24, 2.45) is 0 Å². The quantitative estimate of drug-likeness (QED) is 0.620. The van der Waals surface area contributed by atoms with Gasteiger partial charge in [0.1, 0.15) is 0 Å². The van der Waals surface area contributed by atoms with Gasteiger partial charge in [0.05, 0.1) is 0 Å². The van der Waals surface area contributed by atoms with E-state index in [0.717, 1.165) is 10.6 Å². The molecule has 2 aromatic rings. The standard InChI is InChI=1S/C13H13O2P/c14-13(15)16(11-7-3-1-4-8-11)12-9-5-2-6-10-12/h1-10,13-15H. The highest BCUT2D eigenvalue weighted by Crippen LogP contribution is 2.36. The Kier molecular flexibility index (Phi) is 3.68. The second-order valence-electron chi connectivity index (χ2n) is 3.39. The monoisotopic (exact) mass is 232 g/mol. The zero-order chi connectivity index (χ0) is 11.4. The molecule has 2 aromatic carbocycles. The van der Waals surface area contributed by atoms with E-state index in [2.05, 4.69) is 0 Å². The average molecular weight is 232 g/mol. The summed E-state index contributed by atoms with van der Waals surface area (Å²) in [5, 5.41) is 20.9. The van der Waals surface area contributed by atoms with Gasteiger partial charge in [-0.3, -0.25) is 0 Å². The third-order valence-corrected chi connectivity index (χ3v) is 4.47. The van der Waals surface area contributed by atoms with Crippen LogP contribution in [0.25, 0.3) is 0 Å². The Bertz CT molecular complexity index is 389. The van der Waals surface area contributed by atoms with Crippen LogP contribution in [-0.4, -0.2) is 16.2 Å². The average Bonchev–Trinajstić information content (AvgIpc) is 2.31. The van der Waals surface area contributed by atoms with E-state index in [-0.39, 0.29) is 0 Å². The Morgan fingerprint density at radius 3 is 1.38 bits per heavy atom. The van der Waals surface area contributed by atoms with E-state index in [4.69, 9.17) is 0 Å². The first-order chi connectivity index (χ1) is 7.79. The molecule has 0 aromatic heterocycles. The highest BCUT2D eigenvalue weighted by atomic mass is 31.1. The van der Waals surface area contributed by atoms with Gasteiger partial charge in [-0.2, -0.15) is 0 Å². The molecule has 0 aliphatic carbocycles. The SMILES string of the molecule is OC(O)P(c1ccccc1)c1ccccc1. The van der Waals surface area contributed by atoms with Crippen molar-refractivity contribution in [1.29, 1.82) is 0 Å². The predicted octanol–water partition coefficient (Wildman–Crippen LogP) is 1.39. The van der Waals surface area contributed by atoms with Crippen LogP contribution in [0.2, 0.25) is 0 Å². The Labute approximate surface area is 95.9 Å². The fraction of sp³-hybridized carbons (Fsp3) is 0.0769. The normalized spacial score (nSPS) is 11.0. The summed E-state index contributed by atoms with van der Waals surface area (Å²) in [6.07, 6.45) is 0. The lowest BCUT2D eigenvalue weighted by atomic mass is 10.4. The van der Waals surface area contributed by atoms with Gasteiger partial charge in [-0.25, -0.2) is 0 Å². The van der Waals surface area contributed by atoms with E-state index in [1.54, 1.807) is 0 Å². The van der Waals surface area contributed by atoms with Crippen LogP contribution < -0.4 is 10.6 Å². The lowest BCUT2D eigenvalue weighted by Crippen LogP contribution is -2.20. The molecule has 0 heterocycles. The maximum atomic E-state index is 9.50. The van der Waals surface area contributed by atoms with Gasteiger partial charge in [-0.1, -0.05) is 60.7 Å². The summed E-state index contributed by atoms with van der Waals surface area (Å²) in [7, 11) is -1.10. The molecular formula is C13H13O2P. The summed E-state index contributed by atoms with van der Waals surface area (Å²) in [5.74, 6) is 0. The number of benzene rings is 2. The van der Waals surface area contributed by atoms with Crippen molar-refractivity contribution < 1.29 is 10.2 Å². The van der Waals surface area contributed by atoms with Crippen molar-refractivity contribution >= 4 is 18.5 Å². The van der Waals surface area contributed by atoms with E-state index >= 15 is 0 Å². The molecule has 0 saturated heterocycles. The topological polar surface area (TPSA) is 40.5 Å². The molecule has 0 spiro atoms. The van der Waals surface area contributed by atoms with Crippen LogP contribution in [0.4, 0.5) is 0 Å². The summed E-state index contributed by atoms with van der Waals surface area (Å²) >= 11 is 0. The molecule has 0 saturated carbocycles. The fourth-order valence-corrected chi connectivity index (χ4v) is 3.41. The third kappa shape index (κ3) is 2.48. The van der Waals surface area contributed by atoms with Crippen molar-refractivity contribution in [3.8, 4) is 0 Å². The first-order valence-electron chi connectivity index (χ1n) is 5.04. The van der Waals surface area contributed by atoms with Gasteiger partial charge < -0.3 is 10.2 Å². The maximum Gasteiger partial charge on any atom is 0.178 e. The van der Waals surface area contributed by atoms with E-state index in [1.165, 1.54) is 0 Å². The second-order valence-corrected chi connectivity index (χ2v) is 5.62. The van der Waals surface area contributed by atoms with Gasteiger partial charge in [-0.05, 0) is 10.6 Å². The zero-order valence-electron chi connectivity index (χ0n) is 8.69. The first kappa shape index (κ1) is 11.3. The minimum Gasteiger partial charge on any atom is -0.364 e. The fourth-order valence-electron chi connectivity index (χ4n) is 1.59. The number of rotatable bonds is 3. The molecule has 0 aliphatic heterocycles. The molecule has 2 nitrogen and oxygen atoms in total. The van der Waals surface area contributed by atoms with Gasteiger partial charge in [0, 0.05) is 7.92 Å². The maximum absolute atomic E-state index is 9.50. The Morgan fingerprint density at radius 2 is 1.06 bits per heavy atom. The smallest absolute Gasteiger partial charge is 0.178 e. The van der Waals surface area contributed by atoms with Crippen LogP contribution in [0.5, 0.6) is 0 Å². The van der Waals surface area contributed by atoms with Gasteiger partial charge in [0.15, 0.2) is 6.03 Å². The Morgan fingerprint density at radius 1 is 0.688 bits per heavy atom. The van der Waals surface area contributed by atoms with Gasteiger partial charge in [-0.15, -0.1) is 0 Å². The van der Waals surface area contributed by atoms with E-state index < -0.39 is 14.0 Å². The molecule has 2 N–H and O–H groups in total. The Balaban J connectivity index is 2.40. The molecule has 0 atom stereocenters. The molecule has 0 amide bonds. The Hall–Kier alpha value is -1.21. The molecular weight excluding hydrogens is 219 g/mol. The van der Waals surface area contributed by atoms with Gasteiger partial charge in [0.25, 0.3) is 0 Å². The van der Waals surface area contributed by atoms with E-state index in [0.29, 0.717) is 0 Å². The van der Waals surface area contributed by atoms with Gasteiger partial charge >= 0.3 is 0 Å². The minimum absolute atomic E-state index is 0.971. The molecule has 0 bridgehead atoms. The third-order valence-electron chi connectivity index (χ3n) is 2.30. The highest BCUT2D eigenvalue weighted by molar-refractivity contribution is 7.73. The predicted molar refractivity (Wildman–Crippen MR) is 67.3 cm³/mol. The van der Waals surface area contributed by atoms with Crippen LogP contribution in [-0.2, 0) is 0 Å². The molecule has 0 fully saturated rings. The van der Waals surface area contributed by atoms with Crippen LogP contribution in [0.15, 0.2) is 60.7 Å². The zero-order valence-corrected chi connectivity index (χ0v) is 9.59. The molecule has 2 rings (SSSR count).